The Bertz CT molecular complexity index is 1690. The molecule has 0 fully saturated rings. The Morgan fingerprint density at radius 1 is 0.825 bits per heavy atom. The Morgan fingerprint density at radius 3 is 2.12 bits per heavy atom. The second kappa shape index (κ2) is 10.1. The zero-order valence-corrected chi connectivity index (χ0v) is 21.5. The number of hydrogen-bond donors (Lipinski definition) is 0. The second-order valence-electron chi connectivity index (χ2n) is 8.85. The molecule has 5 rings (SSSR count). The molecular weight excluding hydrogens is 560 g/mol. The number of oxazole rings is 1. The Balaban J connectivity index is 1.70. The number of nitrogens with zero attached hydrogens (tertiary/aromatic N) is 3. The minimum Gasteiger partial charge on any atom is -0.440 e. The van der Waals surface area contributed by atoms with Crippen LogP contribution < -0.4 is 4.74 Å². The van der Waals surface area contributed by atoms with Crippen molar-refractivity contribution in [3.8, 4) is 45.1 Å². The SMILES string of the molecule is Cc1cccc(-c2ccc(-n3nc(C(F)(F)F)cc3Cl)c(-c3oc(C)nc3-c3ccc(OC(F)(F)F)cc3)c2)c1. The van der Waals surface area contributed by atoms with Gasteiger partial charge in [-0.25, -0.2) is 9.67 Å². The van der Waals surface area contributed by atoms with Crippen LogP contribution >= 0.6 is 11.6 Å². The molecule has 0 spiro atoms. The average molecular weight is 578 g/mol. The third-order valence-electron chi connectivity index (χ3n) is 5.87. The molecule has 0 saturated carbocycles. The standard InChI is InChI=1S/C28H18ClF6N3O2/c1-15-4-3-5-18(12-15)19-8-11-22(38-24(29)14-23(37-38)27(30,31)32)21(13-19)26-25(36-16(2)39-26)17-6-9-20(10-7-17)40-28(33,34)35/h3-14H,1-2H3. The lowest BCUT2D eigenvalue weighted by molar-refractivity contribution is -0.274. The van der Waals surface area contributed by atoms with Crippen molar-refractivity contribution in [3.63, 3.8) is 0 Å². The number of ether oxygens (including phenoxy) is 1. The average Bonchev–Trinajstić information content (AvgIpc) is 3.46. The van der Waals surface area contributed by atoms with Gasteiger partial charge in [0.25, 0.3) is 0 Å². The first-order valence-corrected chi connectivity index (χ1v) is 12.0. The van der Waals surface area contributed by atoms with Crippen molar-refractivity contribution in [2.45, 2.75) is 26.4 Å². The van der Waals surface area contributed by atoms with Gasteiger partial charge in [-0.05, 0) is 54.4 Å². The largest absolute Gasteiger partial charge is 0.573 e. The van der Waals surface area contributed by atoms with Crippen LogP contribution in [0.15, 0.2) is 77.2 Å². The Hall–Kier alpha value is -4.25. The number of hydrogen-bond acceptors (Lipinski definition) is 4. The van der Waals surface area contributed by atoms with Crippen molar-refractivity contribution < 1.29 is 35.5 Å². The summed E-state index contributed by atoms with van der Waals surface area (Å²) < 4.78 is 89.0. The van der Waals surface area contributed by atoms with Gasteiger partial charge in [0, 0.05) is 24.1 Å². The van der Waals surface area contributed by atoms with Crippen molar-refractivity contribution in [1.29, 1.82) is 0 Å². The van der Waals surface area contributed by atoms with E-state index < -0.39 is 24.0 Å². The number of benzene rings is 3. The lowest BCUT2D eigenvalue weighted by Gasteiger charge is -2.13. The fourth-order valence-corrected chi connectivity index (χ4v) is 4.42. The maximum absolute atomic E-state index is 13.4. The van der Waals surface area contributed by atoms with E-state index in [0.717, 1.165) is 33.5 Å². The van der Waals surface area contributed by atoms with Gasteiger partial charge in [-0.15, -0.1) is 13.2 Å². The van der Waals surface area contributed by atoms with Gasteiger partial charge in [-0.2, -0.15) is 18.3 Å². The van der Waals surface area contributed by atoms with E-state index in [1.807, 2.05) is 31.2 Å². The molecule has 0 radical (unpaired) electrons. The summed E-state index contributed by atoms with van der Waals surface area (Å²) in [4.78, 5) is 4.41. The summed E-state index contributed by atoms with van der Waals surface area (Å²) in [6.07, 6.45) is -9.59. The van der Waals surface area contributed by atoms with E-state index in [2.05, 4.69) is 14.8 Å². The van der Waals surface area contributed by atoms with Crippen LogP contribution in [-0.4, -0.2) is 21.1 Å². The van der Waals surface area contributed by atoms with Crippen molar-refractivity contribution >= 4 is 11.6 Å². The van der Waals surface area contributed by atoms with Crippen molar-refractivity contribution in [1.82, 2.24) is 14.8 Å². The topological polar surface area (TPSA) is 53.1 Å². The zero-order valence-electron chi connectivity index (χ0n) is 20.7. The number of halogens is 7. The molecule has 0 aliphatic heterocycles. The summed E-state index contributed by atoms with van der Waals surface area (Å²) in [6, 6.07) is 18.3. The summed E-state index contributed by atoms with van der Waals surface area (Å²) in [5.74, 6) is -0.0511. The van der Waals surface area contributed by atoms with Gasteiger partial charge >= 0.3 is 12.5 Å². The molecule has 0 bridgehead atoms. The molecule has 0 saturated heterocycles. The number of alkyl halides is 6. The Kier molecular flexibility index (Phi) is 6.87. The van der Waals surface area contributed by atoms with E-state index in [-0.39, 0.29) is 28.2 Å². The van der Waals surface area contributed by atoms with Crippen LogP contribution in [0.1, 0.15) is 17.1 Å². The summed E-state index contributed by atoms with van der Waals surface area (Å²) in [5.41, 5.74) is 2.48. The molecule has 2 heterocycles. The molecule has 5 nitrogen and oxygen atoms in total. The highest BCUT2D eigenvalue weighted by atomic mass is 35.5. The Morgan fingerprint density at radius 2 is 1.50 bits per heavy atom. The van der Waals surface area contributed by atoms with Gasteiger partial charge < -0.3 is 9.15 Å². The third kappa shape index (κ3) is 5.69. The van der Waals surface area contributed by atoms with Crippen molar-refractivity contribution in [2.75, 3.05) is 0 Å². The molecule has 3 aromatic carbocycles. The number of aryl methyl sites for hydroxylation is 2. The highest BCUT2D eigenvalue weighted by molar-refractivity contribution is 6.30. The van der Waals surface area contributed by atoms with Gasteiger partial charge in [0.1, 0.15) is 16.6 Å². The van der Waals surface area contributed by atoms with Gasteiger partial charge in [-0.1, -0.05) is 47.5 Å². The van der Waals surface area contributed by atoms with E-state index >= 15 is 0 Å². The van der Waals surface area contributed by atoms with Crippen LogP contribution in [0.5, 0.6) is 5.75 Å². The highest BCUT2D eigenvalue weighted by Crippen LogP contribution is 2.40. The molecule has 12 heteroatoms. The quantitative estimate of drug-likeness (QED) is 0.196. The predicted octanol–water partition coefficient (Wildman–Crippen LogP) is 9.05. The summed E-state index contributed by atoms with van der Waals surface area (Å²) >= 11 is 6.20. The monoisotopic (exact) mass is 577 g/mol. The van der Waals surface area contributed by atoms with E-state index in [1.165, 1.54) is 12.1 Å². The molecule has 2 aromatic heterocycles. The zero-order chi connectivity index (χ0) is 28.8. The summed E-state index contributed by atoms with van der Waals surface area (Å²) in [5, 5.41) is 3.39. The molecule has 0 aliphatic rings. The highest BCUT2D eigenvalue weighted by Gasteiger charge is 2.35. The van der Waals surface area contributed by atoms with Gasteiger partial charge in [0.05, 0.1) is 5.69 Å². The molecule has 5 aromatic rings. The van der Waals surface area contributed by atoms with Crippen LogP contribution in [0.25, 0.3) is 39.4 Å². The number of aromatic nitrogens is 3. The normalized spacial score (nSPS) is 12.1. The first kappa shape index (κ1) is 27.3. The van der Waals surface area contributed by atoms with Crippen LogP contribution in [-0.2, 0) is 6.18 Å². The minimum absolute atomic E-state index is 0.159. The first-order chi connectivity index (χ1) is 18.8. The van der Waals surface area contributed by atoms with Gasteiger partial charge in [0.2, 0.25) is 0 Å². The molecular formula is C28H18ClF6N3O2. The molecule has 40 heavy (non-hydrogen) atoms. The molecule has 206 valence electrons. The maximum Gasteiger partial charge on any atom is 0.573 e. The van der Waals surface area contributed by atoms with Gasteiger partial charge in [-0.3, -0.25) is 0 Å². The minimum atomic E-state index is -4.86. The summed E-state index contributed by atoms with van der Waals surface area (Å²) in [7, 11) is 0. The van der Waals surface area contributed by atoms with Crippen molar-refractivity contribution in [3.05, 3.63) is 95.1 Å². The molecule has 0 aliphatic carbocycles. The van der Waals surface area contributed by atoms with E-state index in [0.29, 0.717) is 17.2 Å². The molecule has 0 N–H and O–H groups in total. The third-order valence-corrected chi connectivity index (χ3v) is 6.14. The van der Waals surface area contributed by atoms with Gasteiger partial charge in [0.15, 0.2) is 17.3 Å². The predicted molar refractivity (Wildman–Crippen MR) is 136 cm³/mol. The van der Waals surface area contributed by atoms with Crippen LogP contribution in [0.4, 0.5) is 26.3 Å². The van der Waals surface area contributed by atoms with Crippen LogP contribution in [0, 0.1) is 13.8 Å². The molecule has 0 atom stereocenters. The number of rotatable bonds is 5. The van der Waals surface area contributed by atoms with Crippen molar-refractivity contribution in [2.24, 2.45) is 0 Å². The van der Waals surface area contributed by atoms with Crippen LogP contribution in [0.2, 0.25) is 5.15 Å². The van der Waals surface area contributed by atoms with Crippen LogP contribution in [0.3, 0.4) is 0 Å². The first-order valence-electron chi connectivity index (χ1n) is 11.7. The smallest absolute Gasteiger partial charge is 0.440 e. The fourth-order valence-electron chi connectivity index (χ4n) is 4.19. The second-order valence-corrected chi connectivity index (χ2v) is 9.23. The maximum atomic E-state index is 13.4. The molecule has 0 unspecified atom stereocenters. The van der Waals surface area contributed by atoms with E-state index in [9.17, 15) is 26.3 Å². The van der Waals surface area contributed by atoms with E-state index in [1.54, 1.807) is 25.1 Å². The molecule has 0 amide bonds. The lowest BCUT2D eigenvalue weighted by Crippen LogP contribution is -2.16. The Labute approximate surface area is 228 Å². The van der Waals surface area contributed by atoms with E-state index in [4.69, 9.17) is 16.0 Å². The fraction of sp³-hybridized carbons (Fsp3) is 0.143. The summed E-state index contributed by atoms with van der Waals surface area (Å²) in [6.45, 7) is 3.49. The lowest BCUT2D eigenvalue weighted by atomic mass is 9.97.